The van der Waals surface area contributed by atoms with Crippen molar-refractivity contribution in [1.82, 2.24) is 4.57 Å². The second-order valence-electron chi connectivity index (χ2n) is 11.4. The fourth-order valence-electron chi connectivity index (χ4n) is 6.71. The highest BCUT2D eigenvalue weighted by molar-refractivity contribution is 7.26. The normalized spacial score (nSPS) is 11.6. The first-order valence-electron chi connectivity index (χ1n) is 15.0. The van der Waals surface area contributed by atoms with Gasteiger partial charge in [0.25, 0.3) is 0 Å². The first kappa shape index (κ1) is 25.1. The van der Waals surface area contributed by atoms with E-state index in [2.05, 4.69) is 168 Å². The number of thiophene rings is 1. The molecular formula is C42H27NS. The third kappa shape index (κ3) is 4.00. The van der Waals surface area contributed by atoms with Gasteiger partial charge in [-0.1, -0.05) is 127 Å². The number of hydrogen-bond acceptors (Lipinski definition) is 1. The van der Waals surface area contributed by atoms with Gasteiger partial charge in [0.2, 0.25) is 0 Å². The van der Waals surface area contributed by atoms with E-state index in [0.717, 1.165) is 0 Å². The maximum Gasteiger partial charge on any atom is 0.0719 e. The van der Waals surface area contributed by atoms with Crippen molar-refractivity contribution in [3.63, 3.8) is 0 Å². The van der Waals surface area contributed by atoms with Gasteiger partial charge in [-0.25, -0.2) is 0 Å². The van der Waals surface area contributed by atoms with Crippen LogP contribution in [0.25, 0.3) is 81.0 Å². The summed E-state index contributed by atoms with van der Waals surface area (Å²) in [4.78, 5) is 0. The molecule has 0 atom stereocenters. The number of para-hydroxylation sites is 1. The number of rotatable bonds is 4. The summed E-state index contributed by atoms with van der Waals surface area (Å²) in [5.41, 5.74) is 10.9. The predicted octanol–water partition coefficient (Wildman–Crippen LogP) is 12.2. The van der Waals surface area contributed by atoms with Gasteiger partial charge in [0, 0.05) is 31.9 Å². The summed E-state index contributed by atoms with van der Waals surface area (Å²) in [5, 5.41) is 5.21. The van der Waals surface area contributed by atoms with Crippen LogP contribution >= 0.6 is 11.3 Å². The lowest BCUT2D eigenvalue weighted by Crippen LogP contribution is -1.96. The summed E-state index contributed by atoms with van der Waals surface area (Å²) in [6.45, 7) is 0. The molecule has 0 amide bonds. The van der Waals surface area contributed by atoms with Gasteiger partial charge in [-0.3, -0.25) is 0 Å². The number of nitrogens with zero attached hydrogens (tertiary/aromatic N) is 1. The Bertz CT molecular complexity index is 2480. The summed E-state index contributed by atoms with van der Waals surface area (Å²) in [6.07, 6.45) is 0. The Hall–Kier alpha value is -5.44. The van der Waals surface area contributed by atoms with Gasteiger partial charge in [-0.15, -0.1) is 11.3 Å². The van der Waals surface area contributed by atoms with E-state index in [9.17, 15) is 0 Å². The van der Waals surface area contributed by atoms with Gasteiger partial charge in [0.15, 0.2) is 0 Å². The van der Waals surface area contributed by atoms with E-state index in [-0.39, 0.29) is 0 Å². The van der Waals surface area contributed by atoms with Crippen LogP contribution in [-0.2, 0) is 0 Å². The fourth-order valence-corrected chi connectivity index (χ4v) is 7.95. The molecule has 0 saturated carbocycles. The maximum atomic E-state index is 2.50. The lowest BCUT2D eigenvalue weighted by Gasteiger charge is -2.15. The van der Waals surface area contributed by atoms with Crippen molar-refractivity contribution in [1.29, 1.82) is 0 Å². The van der Waals surface area contributed by atoms with Crippen LogP contribution in [0, 0.1) is 0 Å². The van der Waals surface area contributed by atoms with E-state index < -0.39 is 0 Å². The molecule has 0 spiro atoms. The molecule has 206 valence electrons. The Morgan fingerprint density at radius 1 is 0.364 bits per heavy atom. The number of fused-ring (bicyclic) bond motifs is 7. The molecular weight excluding hydrogens is 551 g/mol. The largest absolute Gasteiger partial charge is 0.308 e. The van der Waals surface area contributed by atoms with Crippen molar-refractivity contribution in [3.05, 3.63) is 164 Å². The molecule has 44 heavy (non-hydrogen) atoms. The molecule has 0 radical (unpaired) electrons. The zero-order valence-electron chi connectivity index (χ0n) is 23.9. The van der Waals surface area contributed by atoms with Gasteiger partial charge in [0.1, 0.15) is 0 Å². The second kappa shape index (κ2) is 10.1. The molecule has 0 aliphatic rings. The molecule has 2 aromatic heterocycles. The Balaban J connectivity index is 1.37. The molecule has 0 unspecified atom stereocenters. The summed E-state index contributed by atoms with van der Waals surface area (Å²) in [5.74, 6) is 0. The monoisotopic (exact) mass is 577 g/mol. The molecule has 0 aliphatic carbocycles. The van der Waals surface area contributed by atoms with Crippen molar-refractivity contribution in [2.24, 2.45) is 0 Å². The zero-order chi connectivity index (χ0) is 29.0. The molecule has 0 saturated heterocycles. The van der Waals surface area contributed by atoms with E-state index >= 15 is 0 Å². The van der Waals surface area contributed by atoms with Crippen molar-refractivity contribution in [2.75, 3.05) is 0 Å². The molecule has 9 aromatic rings. The Morgan fingerprint density at radius 3 is 1.68 bits per heavy atom. The first-order chi connectivity index (χ1) is 21.8. The fraction of sp³-hybridized carbons (Fsp3) is 0. The van der Waals surface area contributed by atoms with Crippen LogP contribution in [-0.4, -0.2) is 4.57 Å². The van der Waals surface area contributed by atoms with E-state index in [1.54, 1.807) is 0 Å². The molecule has 0 bridgehead atoms. The van der Waals surface area contributed by atoms with Crippen molar-refractivity contribution in [2.45, 2.75) is 0 Å². The minimum Gasteiger partial charge on any atom is -0.308 e. The van der Waals surface area contributed by atoms with Crippen LogP contribution in [0.3, 0.4) is 0 Å². The molecule has 7 aromatic carbocycles. The maximum absolute atomic E-state index is 2.50. The predicted molar refractivity (Wildman–Crippen MR) is 190 cm³/mol. The van der Waals surface area contributed by atoms with Crippen LogP contribution in [0.5, 0.6) is 0 Å². The highest BCUT2D eigenvalue weighted by Gasteiger charge is 2.19. The van der Waals surface area contributed by atoms with Crippen LogP contribution in [0.2, 0.25) is 0 Å². The van der Waals surface area contributed by atoms with E-state index in [1.807, 2.05) is 11.3 Å². The minimum absolute atomic E-state index is 1.17. The van der Waals surface area contributed by atoms with E-state index in [4.69, 9.17) is 0 Å². The Morgan fingerprint density at radius 2 is 0.909 bits per heavy atom. The lowest BCUT2D eigenvalue weighted by atomic mass is 9.95. The van der Waals surface area contributed by atoms with Gasteiger partial charge in [-0.2, -0.15) is 0 Å². The van der Waals surface area contributed by atoms with E-state index in [0.29, 0.717) is 0 Å². The van der Waals surface area contributed by atoms with Crippen LogP contribution in [0.15, 0.2) is 164 Å². The van der Waals surface area contributed by atoms with Crippen molar-refractivity contribution in [3.8, 4) is 39.1 Å². The third-order valence-corrected chi connectivity index (χ3v) is 9.96. The zero-order valence-corrected chi connectivity index (χ0v) is 24.8. The molecule has 2 heteroatoms. The first-order valence-corrected chi connectivity index (χ1v) is 15.8. The minimum atomic E-state index is 1.17. The SMILES string of the molecule is c1ccc(-c2cccc(-c3cc(-c4ccccc4)cc(-n4c5ccccc5c5ccc6c7ccccc7sc6c54)c3)c2)cc1. The molecule has 1 nitrogen and oxygen atoms in total. The van der Waals surface area contributed by atoms with Gasteiger partial charge >= 0.3 is 0 Å². The highest BCUT2D eigenvalue weighted by Crippen LogP contribution is 2.44. The average Bonchev–Trinajstić information content (AvgIpc) is 3.65. The van der Waals surface area contributed by atoms with Crippen molar-refractivity contribution < 1.29 is 0 Å². The highest BCUT2D eigenvalue weighted by atomic mass is 32.1. The van der Waals surface area contributed by atoms with Gasteiger partial charge < -0.3 is 4.57 Å². The van der Waals surface area contributed by atoms with Crippen molar-refractivity contribution >= 4 is 53.3 Å². The topological polar surface area (TPSA) is 4.93 Å². The van der Waals surface area contributed by atoms with Gasteiger partial charge in [0.05, 0.1) is 15.7 Å². The number of hydrogen-bond donors (Lipinski definition) is 0. The molecule has 0 aliphatic heterocycles. The summed E-state index contributed by atoms with van der Waals surface area (Å²) in [6, 6.07) is 59.6. The lowest BCUT2D eigenvalue weighted by molar-refractivity contribution is 1.19. The van der Waals surface area contributed by atoms with Crippen LogP contribution < -0.4 is 0 Å². The quantitative estimate of drug-likeness (QED) is 0.196. The molecule has 0 fully saturated rings. The van der Waals surface area contributed by atoms with E-state index in [1.165, 1.54) is 81.0 Å². The number of aromatic nitrogens is 1. The van der Waals surface area contributed by atoms with Crippen LogP contribution in [0.1, 0.15) is 0 Å². The average molecular weight is 578 g/mol. The second-order valence-corrected chi connectivity index (χ2v) is 12.4. The summed E-state index contributed by atoms with van der Waals surface area (Å²) >= 11 is 1.90. The summed E-state index contributed by atoms with van der Waals surface area (Å²) < 4.78 is 5.15. The van der Waals surface area contributed by atoms with Gasteiger partial charge in [-0.05, 0) is 69.8 Å². The van der Waals surface area contributed by atoms with Crippen LogP contribution in [0.4, 0.5) is 0 Å². The summed E-state index contributed by atoms with van der Waals surface area (Å²) in [7, 11) is 0. The number of benzene rings is 7. The third-order valence-electron chi connectivity index (χ3n) is 8.77. The Labute approximate surface area is 259 Å². The smallest absolute Gasteiger partial charge is 0.0719 e. The molecule has 9 rings (SSSR count). The standard InChI is InChI=1S/C42H27NS/c1-3-12-28(13-4-1)30-16-11-17-31(24-30)33-25-32(29-14-5-2-6-15-29)26-34(27-33)43-39-20-9-7-18-35(39)37-22-23-38-36-19-8-10-21-40(36)44-42(38)41(37)43/h1-27H. The Kier molecular flexibility index (Phi) is 5.75. The molecule has 2 heterocycles. The molecule has 0 N–H and O–H groups in total.